The van der Waals surface area contributed by atoms with Gasteiger partial charge in [0.05, 0.1) is 5.56 Å². The Morgan fingerprint density at radius 1 is 1.18 bits per heavy atom. The molecule has 0 aliphatic carbocycles. The third-order valence-electron chi connectivity index (χ3n) is 2.18. The molecule has 2 nitrogen and oxygen atoms in total. The van der Waals surface area contributed by atoms with Crippen molar-refractivity contribution in [2.75, 3.05) is 0 Å². The lowest BCUT2D eigenvalue weighted by Gasteiger charge is -2.05. The molecule has 0 radical (unpaired) electrons. The number of rotatable bonds is 2. The zero-order chi connectivity index (χ0) is 12.4. The van der Waals surface area contributed by atoms with Crippen LogP contribution in [0.5, 0.6) is 0 Å². The molecule has 86 valence electrons. The Morgan fingerprint density at radius 3 is 2.41 bits per heavy atom. The Hall–Kier alpha value is -1.45. The van der Waals surface area contributed by atoms with Gasteiger partial charge < -0.3 is 0 Å². The first kappa shape index (κ1) is 12.0. The number of hydrogen-bond acceptors (Lipinski definition) is 2. The molecule has 0 amide bonds. The molecule has 0 fully saturated rings. The second-order valence-corrected chi connectivity index (χ2v) is 4.21. The monoisotopic (exact) mass is 269 g/mol. The summed E-state index contributed by atoms with van der Waals surface area (Å²) in [7, 11) is 0. The highest BCUT2D eigenvalue weighted by atomic mass is 35.5. The van der Waals surface area contributed by atoms with E-state index in [2.05, 4.69) is 4.98 Å². The van der Waals surface area contributed by atoms with E-state index in [1.807, 2.05) is 0 Å². The molecule has 0 spiro atoms. The van der Waals surface area contributed by atoms with E-state index in [0.717, 1.165) is 0 Å². The first-order chi connectivity index (χ1) is 8.11. The standard InChI is InChI=1S/C12H6Cl2FNO/c13-9-3-8(4-10(14)5-9)12-11(15)7(6-17)1-2-16-12/h1-6H. The lowest BCUT2D eigenvalue weighted by Crippen LogP contribution is -1.95. The first-order valence-electron chi connectivity index (χ1n) is 4.68. The van der Waals surface area contributed by atoms with Gasteiger partial charge in [-0.2, -0.15) is 0 Å². The number of aromatic nitrogens is 1. The van der Waals surface area contributed by atoms with E-state index in [-0.39, 0.29) is 11.3 Å². The molecule has 2 rings (SSSR count). The van der Waals surface area contributed by atoms with Gasteiger partial charge in [-0.3, -0.25) is 9.78 Å². The van der Waals surface area contributed by atoms with Crippen LogP contribution in [0.3, 0.4) is 0 Å². The van der Waals surface area contributed by atoms with E-state index in [0.29, 0.717) is 21.9 Å². The van der Waals surface area contributed by atoms with Crippen molar-refractivity contribution >= 4 is 29.5 Å². The van der Waals surface area contributed by atoms with E-state index in [4.69, 9.17) is 23.2 Å². The average molecular weight is 270 g/mol. The second kappa shape index (κ2) is 4.82. The highest BCUT2D eigenvalue weighted by Crippen LogP contribution is 2.28. The minimum absolute atomic E-state index is 0.0499. The fraction of sp³-hybridized carbons (Fsp3) is 0. The normalized spacial score (nSPS) is 10.3. The summed E-state index contributed by atoms with van der Waals surface area (Å²) in [4.78, 5) is 14.5. The highest BCUT2D eigenvalue weighted by Gasteiger charge is 2.12. The number of halogens is 3. The van der Waals surface area contributed by atoms with Crippen LogP contribution >= 0.6 is 23.2 Å². The summed E-state index contributed by atoms with van der Waals surface area (Å²) < 4.78 is 13.8. The molecule has 2 aromatic rings. The van der Waals surface area contributed by atoms with Gasteiger partial charge in [0.25, 0.3) is 0 Å². The Labute approximate surface area is 107 Å². The Morgan fingerprint density at radius 2 is 1.82 bits per heavy atom. The van der Waals surface area contributed by atoms with Crippen LogP contribution in [0.1, 0.15) is 10.4 Å². The van der Waals surface area contributed by atoms with E-state index in [1.54, 1.807) is 0 Å². The number of pyridine rings is 1. The van der Waals surface area contributed by atoms with Gasteiger partial charge in [0.2, 0.25) is 0 Å². The molecule has 1 aromatic heterocycles. The number of aldehydes is 1. The largest absolute Gasteiger partial charge is 0.298 e. The van der Waals surface area contributed by atoms with Crippen molar-refractivity contribution in [3.05, 3.63) is 51.9 Å². The van der Waals surface area contributed by atoms with Crippen LogP contribution in [0.2, 0.25) is 10.0 Å². The summed E-state index contributed by atoms with van der Waals surface area (Å²) in [6.07, 6.45) is 1.80. The third-order valence-corrected chi connectivity index (χ3v) is 2.62. The summed E-state index contributed by atoms with van der Waals surface area (Å²) in [5.41, 5.74) is 0.439. The molecule has 0 saturated carbocycles. The maximum absolute atomic E-state index is 13.8. The van der Waals surface area contributed by atoms with Crippen molar-refractivity contribution in [1.82, 2.24) is 4.98 Å². The van der Waals surface area contributed by atoms with Gasteiger partial charge in [-0.15, -0.1) is 0 Å². The maximum Gasteiger partial charge on any atom is 0.159 e. The number of hydrogen-bond donors (Lipinski definition) is 0. The number of carbonyl (C=O) groups excluding carboxylic acids is 1. The molecule has 17 heavy (non-hydrogen) atoms. The minimum Gasteiger partial charge on any atom is -0.298 e. The van der Waals surface area contributed by atoms with Gasteiger partial charge >= 0.3 is 0 Å². The molecule has 1 heterocycles. The predicted octanol–water partition coefficient (Wildman–Crippen LogP) is 4.01. The molecule has 0 unspecified atom stereocenters. The van der Waals surface area contributed by atoms with Gasteiger partial charge in [-0.05, 0) is 24.3 Å². The highest BCUT2D eigenvalue weighted by molar-refractivity contribution is 6.35. The predicted molar refractivity (Wildman–Crippen MR) is 65.0 cm³/mol. The van der Waals surface area contributed by atoms with E-state index in [1.165, 1.54) is 30.5 Å². The molecule has 0 saturated heterocycles. The van der Waals surface area contributed by atoms with Crippen LogP contribution in [0.4, 0.5) is 4.39 Å². The second-order valence-electron chi connectivity index (χ2n) is 3.34. The van der Waals surface area contributed by atoms with Gasteiger partial charge in [-0.1, -0.05) is 23.2 Å². The fourth-order valence-electron chi connectivity index (χ4n) is 1.44. The van der Waals surface area contributed by atoms with Crippen LogP contribution in [0.25, 0.3) is 11.3 Å². The smallest absolute Gasteiger partial charge is 0.159 e. The molecule has 5 heteroatoms. The van der Waals surface area contributed by atoms with Crippen LogP contribution < -0.4 is 0 Å². The van der Waals surface area contributed by atoms with E-state index >= 15 is 0 Å². The number of nitrogens with zero attached hydrogens (tertiary/aromatic N) is 1. The lowest BCUT2D eigenvalue weighted by atomic mass is 10.1. The molecule has 1 aromatic carbocycles. The van der Waals surface area contributed by atoms with Crippen molar-refractivity contribution < 1.29 is 9.18 Å². The maximum atomic E-state index is 13.8. The van der Waals surface area contributed by atoms with Gasteiger partial charge in [-0.25, -0.2) is 4.39 Å². The van der Waals surface area contributed by atoms with Crippen molar-refractivity contribution in [1.29, 1.82) is 0 Å². The topological polar surface area (TPSA) is 30.0 Å². The van der Waals surface area contributed by atoms with Gasteiger partial charge in [0, 0.05) is 21.8 Å². The molecular weight excluding hydrogens is 264 g/mol. The zero-order valence-electron chi connectivity index (χ0n) is 8.45. The summed E-state index contributed by atoms with van der Waals surface area (Å²) in [6.45, 7) is 0. The lowest BCUT2D eigenvalue weighted by molar-refractivity contribution is 0.112. The summed E-state index contributed by atoms with van der Waals surface area (Å²) in [5, 5.41) is 0.760. The van der Waals surface area contributed by atoms with E-state index < -0.39 is 5.82 Å². The quantitative estimate of drug-likeness (QED) is 0.772. The van der Waals surface area contributed by atoms with Crippen molar-refractivity contribution in [2.45, 2.75) is 0 Å². The van der Waals surface area contributed by atoms with E-state index in [9.17, 15) is 9.18 Å². The molecule has 0 atom stereocenters. The summed E-state index contributed by atoms with van der Waals surface area (Å²) >= 11 is 11.6. The Balaban J connectivity index is 2.64. The van der Waals surface area contributed by atoms with Crippen LogP contribution in [0, 0.1) is 5.82 Å². The van der Waals surface area contributed by atoms with Crippen molar-refractivity contribution in [3.8, 4) is 11.3 Å². The van der Waals surface area contributed by atoms with Crippen molar-refractivity contribution in [2.24, 2.45) is 0 Å². The first-order valence-corrected chi connectivity index (χ1v) is 5.43. The van der Waals surface area contributed by atoms with Gasteiger partial charge in [0.15, 0.2) is 12.1 Å². The SMILES string of the molecule is O=Cc1ccnc(-c2cc(Cl)cc(Cl)c2)c1F. The third kappa shape index (κ3) is 2.46. The summed E-state index contributed by atoms with van der Waals surface area (Å²) in [5.74, 6) is -0.680. The molecular formula is C12H6Cl2FNO. The van der Waals surface area contributed by atoms with Crippen LogP contribution in [-0.2, 0) is 0 Å². The zero-order valence-corrected chi connectivity index (χ0v) is 9.97. The van der Waals surface area contributed by atoms with Crippen molar-refractivity contribution in [3.63, 3.8) is 0 Å². The molecule has 0 N–H and O–H groups in total. The van der Waals surface area contributed by atoms with Crippen LogP contribution in [-0.4, -0.2) is 11.3 Å². The Kier molecular flexibility index (Phi) is 3.41. The average Bonchev–Trinajstić information content (AvgIpc) is 2.28. The fourth-order valence-corrected chi connectivity index (χ4v) is 1.97. The Bertz CT molecular complexity index is 566. The molecule has 0 bridgehead atoms. The number of carbonyl (C=O) groups is 1. The number of benzene rings is 1. The molecule has 0 aliphatic rings. The minimum atomic E-state index is -0.680. The molecule has 0 aliphatic heterocycles. The van der Waals surface area contributed by atoms with Crippen LogP contribution in [0.15, 0.2) is 30.5 Å². The summed E-state index contributed by atoms with van der Waals surface area (Å²) in [6, 6.07) is 5.91. The van der Waals surface area contributed by atoms with Gasteiger partial charge in [0.1, 0.15) is 5.69 Å².